The van der Waals surface area contributed by atoms with Crippen molar-refractivity contribution in [3.05, 3.63) is 42.6 Å². The third-order valence-corrected chi connectivity index (χ3v) is 2.25. The first kappa shape index (κ1) is 11.4. The minimum atomic E-state index is 0. The fourth-order valence-corrected chi connectivity index (χ4v) is 1.66. The van der Waals surface area contributed by atoms with Gasteiger partial charge in [-0.2, -0.15) is 4.57 Å². The molecular weight excluding hydrogens is 285 g/mol. The van der Waals surface area contributed by atoms with Crippen LogP contribution in [-0.4, -0.2) is 0 Å². The Hall–Kier alpha value is -0.640. The molecule has 2 aromatic rings. The Kier molecular flexibility index (Phi) is 4.32. The molecule has 0 bridgehead atoms. The Morgan fingerprint density at radius 2 is 1.79 bits per heavy atom. The van der Waals surface area contributed by atoms with Gasteiger partial charge >= 0.3 is 0 Å². The van der Waals surface area contributed by atoms with Gasteiger partial charge in [0.1, 0.15) is 6.54 Å². The third-order valence-electron chi connectivity index (χ3n) is 2.25. The minimum Gasteiger partial charge on any atom is -1.00 e. The summed E-state index contributed by atoms with van der Waals surface area (Å²) in [6.45, 7) is 3.30. The number of fused-ring (bicyclic) bond motifs is 1. The van der Waals surface area contributed by atoms with Crippen molar-refractivity contribution in [1.82, 2.24) is 0 Å². The number of aryl methyl sites for hydroxylation is 1. The summed E-state index contributed by atoms with van der Waals surface area (Å²) in [6, 6.07) is 12.8. The Morgan fingerprint density at radius 3 is 2.57 bits per heavy atom. The molecule has 2 heteroatoms. The van der Waals surface area contributed by atoms with Crippen molar-refractivity contribution < 1.29 is 28.5 Å². The van der Waals surface area contributed by atoms with Crippen LogP contribution < -0.4 is 28.5 Å². The first-order chi connectivity index (χ1) is 6.42. The highest BCUT2D eigenvalue weighted by atomic mass is 127. The molecule has 0 aliphatic heterocycles. The van der Waals surface area contributed by atoms with E-state index in [0.29, 0.717) is 0 Å². The van der Waals surface area contributed by atoms with Crippen LogP contribution in [-0.2, 0) is 6.54 Å². The Balaban J connectivity index is 0.000000980. The summed E-state index contributed by atoms with van der Waals surface area (Å²) in [5.74, 6) is 0. The van der Waals surface area contributed by atoms with Gasteiger partial charge < -0.3 is 24.0 Å². The average Bonchev–Trinajstić information content (AvgIpc) is 2.19. The quantitative estimate of drug-likeness (QED) is 0.522. The van der Waals surface area contributed by atoms with Crippen LogP contribution in [0.5, 0.6) is 0 Å². The standard InChI is InChI=1S/C12H14N.HI/c1-2-9-13-10-5-7-11-6-3-4-8-12(11)13;/h3-8,10H,2,9H2,1H3;1H/q+1;/p-1. The third kappa shape index (κ3) is 2.23. The molecule has 0 atom stereocenters. The second-order valence-corrected chi connectivity index (χ2v) is 3.26. The number of rotatable bonds is 2. The monoisotopic (exact) mass is 299 g/mol. The SMILES string of the molecule is CCC[n+]1cccc2ccccc21.[I-]. The second kappa shape index (κ2) is 5.29. The van der Waals surface area contributed by atoms with Crippen LogP contribution in [0.2, 0.25) is 0 Å². The molecule has 74 valence electrons. The largest absolute Gasteiger partial charge is 1.00 e. The van der Waals surface area contributed by atoms with E-state index in [1.807, 2.05) is 0 Å². The summed E-state index contributed by atoms with van der Waals surface area (Å²) < 4.78 is 2.30. The van der Waals surface area contributed by atoms with Crippen LogP contribution in [0.4, 0.5) is 0 Å². The number of benzene rings is 1. The topological polar surface area (TPSA) is 3.88 Å². The van der Waals surface area contributed by atoms with E-state index < -0.39 is 0 Å². The molecule has 2 rings (SSSR count). The molecule has 0 saturated heterocycles. The Labute approximate surface area is 102 Å². The normalized spacial score (nSPS) is 9.79. The molecule has 0 N–H and O–H groups in total. The van der Waals surface area contributed by atoms with Crippen LogP contribution in [0.1, 0.15) is 13.3 Å². The minimum absolute atomic E-state index is 0. The summed E-state index contributed by atoms with van der Waals surface area (Å²) in [6.07, 6.45) is 3.32. The molecule has 0 fully saturated rings. The number of halogens is 1. The zero-order valence-corrected chi connectivity index (χ0v) is 10.4. The summed E-state index contributed by atoms with van der Waals surface area (Å²) in [7, 11) is 0. The number of pyridine rings is 1. The fraction of sp³-hybridized carbons (Fsp3) is 0.250. The van der Waals surface area contributed by atoms with Gasteiger partial charge in [-0.15, -0.1) is 0 Å². The van der Waals surface area contributed by atoms with E-state index in [4.69, 9.17) is 0 Å². The first-order valence-corrected chi connectivity index (χ1v) is 4.79. The van der Waals surface area contributed by atoms with Gasteiger partial charge in [0.15, 0.2) is 6.20 Å². The van der Waals surface area contributed by atoms with E-state index in [-0.39, 0.29) is 24.0 Å². The van der Waals surface area contributed by atoms with Gasteiger partial charge in [-0.25, -0.2) is 0 Å². The number of nitrogens with zero attached hydrogens (tertiary/aromatic N) is 1. The zero-order chi connectivity index (χ0) is 9.10. The van der Waals surface area contributed by atoms with E-state index in [2.05, 4.69) is 54.1 Å². The highest BCUT2D eigenvalue weighted by Crippen LogP contribution is 2.07. The van der Waals surface area contributed by atoms with Crippen LogP contribution in [0.3, 0.4) is 0 Å². The van der Waals surface area contributed by atoms with Crippen molar-refractivity contribution >= 4 is 10.9 Å². The lowest BCUT2D eigenvalue weighted by Gasteiger charge is -1.98. The maximum Gasteiger partial charge on any atom is 0.212 e. The van der Waals surface area contributed by atoms with Crippen molar-refractivity contribution in [2.45, 2.75) is 19.9 Å². The van der Waals surface area contributed by atoms with E-state index in [1.54, 1.807) is 0 Å². The molecule has 14 heavy (non-hydrogen) atoms. The van der Waals surface area contributed by atoms with Gasteiger partial charge in [0, 0.05) is 23.9 Å². The fourth-order valence-electron chi connectivity index (χ4n) is 1.66. The molecule has 0 amide bonds. The molecule has 1 aromatic heterocycles. The van der Waals surface area contributed by atoms with Crippen LogP contribution in [0.15, 0.2) is 42.6 Å². The molecule has 1 heterocycles. The molecular formula is C12H14IN. The highest BCUT2D eigenvalue weighted by Gasteiger charge is 2.04. The number of hydrogen-bond donors (Lipinski definition) is 0. The molecule has 0 aliphatic carbocycles. The molecule has 0 spiro atoms. The van der Waals surface area contributed by atoms with Crippen molar-refractivity contribution in [3.63, 3.8) is 0 Å². The Morgan fingerprint density at radius 1 is 1.07 bits per heavy atom. The summed E-state index contributed by atoms with van der Waals surface area (Å²) in [5.41, 5.74) is 1.33. The molecule has 1 nitrogen and oxygen atoms in total. The lowest BCUT2D eigenvalue weighted by atomic mass is 10.2. The summed E-state index contributed by atoms with van der Waals surface area (Å²) in [5, 5.41) is 1.32. The predicted octanol–water partition coefficient (Wildman–Crippen LogP) is -0.459. The lowest BCUT2D eigenvalue weighted by molar-refractivity contribution is -0.671. The molecule has 0 aliphatic rings. The molecule has 1 aromatic carbocycles. The van der Waals surface area contributed by atoms with E-state index in [9.17, 15) is 0 Å². The van der Waals surface area contributed by atoms with E-state index in [1.165, 1.54) is 17.3 Å². The average molecular weight is 299 g/mol. The van der Waals surface area contributed by atoms with E-state index in [0.717, 1.165) is 6.54 Å². The van der Waals surface area contributed by atoms with Crippen molar-refractivity contribution in [2.24, 2.45) is 0 Å². The smallest absolute Gasteiger partial charge is 0.212 e. The lowest BCUT2D eigenvalue weighted by Crippen LogP contribution is -3.00. The van der Waals surface area contributed by atoms with Gasteiger partial charge in [0.25, 0.3) is 0 Å². The van der Waals surface area contributed by atoms with Crippen LogP contribution in [0.25, 0.3) is 10.9 Å². The molecule has 0 saturated carbocycles. The number of aromatic nitrogens is 1. The molecule has 0 unspecified atom stereocenters. The van der Waals surface area contributed by atoms with Gasteiger partial charge in [-0.3, -0.25) is 0 Å². The summed E-state index contributed by atoms with van der Waals surface area (Å²) in [4.78, 5) is 0. The maximum atomic E-state index is 2.30. The van der Waals surface area contributed by atoms with E-state index >= 15 is 0 Å². The van der Waals surface area contributed by atoms with Crippen molar-refractivity contribution in [1.29, 1.82) is 0 Å². The number of hydrogen-bond acceptors (Lipinski definition) is 0. The predicted molar refractivity (Wildman–Crippen MR) is 54.4 cm³/mol. The maximum absolute atomic E-state index is 2.30. The van der Waals surface area contributed by atoms with Gasteiger partial charge in [0.05, 0.1) is 0 Å². The van der Waals surface area contributed by atoms with Gasteiger partial charge in [-0.1, -0.05) is 19.1 Å². The van der Waals surface area contributed by atoms with Gasteiger partial charge in [-0.05, 0) is 12.1 Å². The van der Waals surface area contributed by atoms with Crippen molar-refractivity contribution in [3.8, 4) is 0 Å². The molecule has 0 radical (unpaired) electrons. The second-order valence-electron chi connectivity index (χ2n) is 3.26. The highest BCUT2D eigenvalue weighted by molar-refractivity contribution is 5.74. The van der Waals surface area contributed by atoms with Crippen LogP contribution >= 0.6 is 0 Å². The van der Waals surface area contributed by atoms with Gasteiger partial charge in [0.2, 0.25) is 5.52 Å². The first-order valence-electron chi connectivity index (χ1n) is 4.79. The number of para-hydroxylation sites is 1. The Bertz CT molecular complexity index is 406. The van der Waals surface area contributed by atoms with Crippen LogP contribution in [0, 0.1) is 0 Å². The van der Waals surface area contributed by atoms with Crippen molar-refractivity contribution in [2.75, 3.05) is 0 Å². The zero-order valence-electron chi connectivity index (χ0n) is 8.28. The summed E-state index contributed by atoms with van der Waals surface area (Å²) >= 11 is 0.